The van der Waals surface area contributed by atoms with E-state index in [9.17, 15) is 10.2 Å². The number of aliphatic hydroxyl groups excluding tert-OH is 2. The van der Waals surface area contributed by atoms with Crippen LogP contribution in [0.1, 0.15) is 95.6 Å². The third-order valence-corrected chi connectivity index (χ3v) is 5.45. The van der Waals surface area contributed by atoms with Crippen molar-refractivity contribution in [1.29, 1.82) is 0 Å². The summed E-state index contributed by atoms with van der Waals surface area (Å²) in [5.41, 5.74) is 0.372. The molecule has 2 rings (SSSR count). The lowest BCUT2D eigenvalue weighted by Crippen LogP contribution is -2.38. The zero-order chi connectivity index (χ0) is 18.8. The summed E-state index contributed by atoms with van der Waals surface area (Å²) in [5.74, 6) is 0.869. The number of phenolic OH excluding ortho intramolecular Hbond substituents is 1. The summed E-state index contributed by atoms with van der Waals surface area (Å²) >= 11 is 0. The van der Waals surface area contributed by atoms with E-state index in [1.54, 1.807) is 18.2 Å². The summed E-state index contributed by atoms with van der Waals surface area (Å²) < 4.78 is 6.15. The van der Waals surface area contributed by atoms with Crippen LogP contribution in [0.25, 0.3) is 0 Å². The van der Waals surface area contributed by atoms with Gasteiger partial charge in [0.25, 0.3) is 0 Å². The van der Waals surface area contributed by atoms with Crippen molar-refractivity contribution in [2.75, 3.05) is 6.61 Å². The molecule has 26 heavy (non-hydrogen) atoms. The average molecular weight is 365 g/mol. The molecule has 1 aromatic rings. The number of fused-ring (bicyclic) bond motifs is 1. The minimum Gasteiger partial charge on any atom is -0.508 e. The number of aliphatic hydroxyl groups is 2. The van der Waals surface area contributed by atoms with Crippen LogP contribution >= 0.6 is 0 Å². The Morgan fingerprint density at radius 2 is 1.54 bits per heavy atom. The maximum Gasteiger partial charge on any atom is 0.126 e. The standard InChI is InChI=1S/C22H36O4/c1-22(14-10-8-6-4-2-3-5-7-9-11-15-23)17-20(25)19-16-18(24)12-13-21(19)26-22/h12-13,16,20,23-25H,2-11,14-15,17H2,1H3/t20?,22-/m0/s1. The highest BCUT2D eigenvalue weighted by Gasteiger charge is 2.36. The Balaban J connectivity index is 1.59. The third kappa shape index (κ3) is 6.81. The third-order valence-electron chi connectivity index (χ3n) is 5.45. The Labute approximate surface area is 158 Å². The summed E-state index contributed by atoms with van der Waals surface area (Å²) in [6.07, 6.45) is 13.1. The zero-order valence-corrected chi connectivity index (χ0v) is 16.3. The highest BCUT2D eigenvalue weighted by atomic mass is 16.5. The molecule has 4 heteroatoms. The van der Waals surface area contributed by atoms with Crippen LogP contribution in [0.5, 0.6) is 11.5 Å². The zero-order valence-electron chi connectivity index (χ0n) is 16.3. The fourth-order valence-corrected chi connectivity index (χ4v) is 3.89. The fraction of sp³-hybridized carbons (Fsp3) is 0.727. The first-order valence-electron chi connectivity index (χ1n) is 10.3. The van der Waals surface area contributed by atoms with Gasteiger partial charge in [-0.25, -0.2) is 0 Å². The number of aromatic hydroxyl groups is 1. The first-order valence-corrected chi connectivity index (χ1v) is 10.3. The number of rotatable bonds is 12. The number of benzene rings is 1. The minimum absolute atomic E-state index is 0.170. The van der Waals surface area contributed by atoms with E-state index in [0.29, 0.717) is 24.3 Å². The Kier molecular flexibility index (Phi) is 8.73. The molecule has 1 unspecified atom stereocenters. The number of ether oxygens (including phenoxy) is 1. The largest absolute Gasteiger partial charge is 0.508 e. The number of unbranched alkanes of at least 4 members (excludes halogenated alkanes) is 9. The number of hydrogen-bond donors (Lipinski definition) is 3. The molecule has 1 aliphatic heterocycles. The maximum absolute atomic E-state index is 10.4. The van der Waals surface area contributed by atoms with E-state index in [2.05, 4.69) is 6.92 Å². The van der Waals surface area contributed by atoms with Gasteiger partial charge in [0.05, 0.1) is 6.10 Å². The molecule has 0 saturated heterocycles. The van der Waals surface area contributed by atoms with Gasteiger partial charge in [-0.1, -0.05) is 51.4 Å². The molecule has 0 aliphatic carbocycles. The molecule has 4 nitrogen and oxygen atoms in total. The smallest absolute Gasteiger partial charge is 0.126 e. The number of hydrogen-bond acceptors (Lipinski definition) is 4. The van der Waals surface area contributed by atoms with Crippen molar-refractivity contribution in [1.82, 2.24) is 0 Å². The van der Waals surface area contributed by atoms with E-state index in [0.717, 1.165) is 25.7 Å². The van der Waals surface area contributed by atoms with Crippen molar-refractivity contribution in [2.24, 2.45) is 0 Å². The van der Waals surface area contributed by atoms with Crippen LogP contribution in [0.2, 0.25) is 0 Å². The second-order valence-electron chi connectivity index (χ2n) is 8.00. The average Bonchev–Trinajstić information content (AvgIpc) is 2.60. The molecular weight excluding hydrogens is 328 g/mol. The monoisotopic (exact) mass is 364 g/mol. The van der Waals surface area contributed by atoms with Gasteiger partial charge in [-0.05, 0) is 44.4 Å². The van der Waals surface area contributed by atoms with Crippen LogP contribution in [0.15, 0.2) is 18.2 Å². The molecule has 0 fully saturated rings. The maximum atomic E-state index is 10.4. The topological polar surface area (TPSA) is 69.9 Å². The van der Waals surface area contributed by atoms with Crippen molar-refractivity contribution in [2.45, 2.75) is 95.7 Å². The van der Waals surface area contributed by atoms with Crippen LogP contribution in [0.4, 0.5) is 0 Å². The highest BCUT2D eigenvalue weighted by molar-refractivity contribution is 5.43. The van der Waals surface area contributed by atoms with Crippen LogP contribution in [-0.4, -0.2) is 27.5 Å². The summed E-state index contributed by atoms with van der Waals surface area (Å²) in [5, 5.41) is 28.7. The summed E-state index contributed by atoms with van der Waals surface area (Å²) in [6.45, 7) is 2.41. The molecule has 0 amide bonds. The van der Waals surface area contributed by atoms with E-state index < -0.39 is 6.10 Å². The first-order chi connectivity index (χ1) is 12.5. The molecule has 0 aromatic heterocycles. The van der Waals surface area contributed by atoms with Crippen molar-refractivity contribution in [3.05, 3.63) is 23.8 Å². The Hall–Kier alpha value is -1.26. The molecule has 0 saturated carbocycles. The van der Waals surface area contributed by atoms with Gasteiger partial charge in [0, 0.05) is 18.6 Å². The molecule has 0 radical (unpaired) electrons. The van der Waals surface area contributed by atoms with Crippen LogP contribution in [0, 0.1) is 0 Å². The number of phenols is 1. The lowest BCUT2D eigenvalue weighted by atomic mass is 9.86. The second-order valence-corrected chi connectivity index (χ2v) is 8.00. The van der Waals surface area contributed by atoms with Gasteiger partial charge in [0.2, 0.25) is 0 Å². The predicted molar refractivity (Wildman–Crippen MR) is 105 cm³/mol. The van der Waals surface area contributed by atoms with Crippen molar-refractivity contribution in [3.8, 4) is 11.5 Å². The lowest BCUT2D eigenvalue weighted by Gasteiger charge is -2.38. The predicted octanol–water partition coefficient (Wildman–Crippen LogP) is 5.25. The summed E-state index contributed by atoms with van der Waals surface area (Å²) in [4.78, 5) is 0. The van der Waals surface area contributed by atoms with Crippen LogP contribution < -0.4 is 4.74 Å². The van der Waals surface area contributed by atoms with Crippen molar-refractivity contribution < 1.29 is 20.1 Å². The molecule has 0 bridgehead atoms. The molecule has 1 heterocycles. The Bertz CT molecular complexity index is 531. The van der Waals surface area contributed by atoms with Gasteiger partial charge < -0.3 is 20.1 Å². The molecule has 1 aliphatic rings. The van der Waals surface area contributed by atoms with Gasteiger partial charge in [-0.15, -0.1) is 0 Å². The molecular formula is C22H36O4. The Morgan fingerprint density at radius 1 is 0.962 bits per heavy atom. The SMILES string of the molecule is C[C@]1(CCCCCCCCCCCCO)CC(O)c2cc(O)ccc2O1. The summed E-state index contributed by atoms with van der Waals surface area (Å²) in [6, 6.07) is 4.97. The molecule has 2 atom stereocenters. The van der Waals surface area contributed by atoms with Gasteiger partial charge >= 0.3 is 0 Å². The lowest BCUT2D eigenvalue weighted by molar-refractivity contribution is -0.00866. The summed E-state index contributed by atoms with van der Waals surface area (Å²) in [7, 11) is 0. The fourth-order valence-electron chi connectivity index (χ4n) is 3.89. The van der Waals surface area contributed by atoms with E-state index in [-0.39, 0.29) is 11.4 Å². The molecule has 148 valence electrons. The van der Waals surface area contributed by atoms with Gasteiger partial charge in [-0.2, -0.15) is 0 Å². The second kappa shape index (κ2) is 10.8. The van der Waals surface area contributed by atoms with Crippen molar-refractivity contribution in [3.63, 3.8) is 0 Å². The van der Waals surface area contributed by atoms with E-state index in [4.69, 9.17) is 9.84 Å². The minimum atomic E-state index is -0.568. The van der Waals surface area contributed by atoms with Crippen LogP contribution in [0.3, 0.4) is 0 Å². The van der Waals surface area contributed by atoms with Crippen LogP contribution in [-0.2, 0) is 0 Å². The molecule has 0 spiro atoms. The van der Waals surface area contributed by atoms with E-state index >= 15 is 0 Å². The van der Waals surface area contributed by atoms with E-state index in [1.807, 2.05) is 0 Å². The van der Waals surface area contributed by atoms with Gasteiger partial charge in [0.15, 0.2) is 0 Å². The Morgan fingerprint density at radius 3 is 2.15 bits per heavy atom. The first kappa shape index (κ1) is 21.0. The quantitative estimate of drug-likeness (QED) is 0.443. The van der Waals surface area contributed by atoms with Gasteiger partial charge in [-0.3, -0.25) is 0 Å². The molecule has 3 N–H and O–H groups in total. The van der Waals surface area contributed by atoms with E-state index in [1.165, 1.54) is 44.9 Å². The normalized spacial score (nSPS) is 22.0. The van der Waals surface area contributed by atoms with Crippen molar-refractivity contribution >= 4 is 0 Å². The van der Waals surface area contributed by atoms with Gasteiger partial charge in [0.1, 0.15) is 17.1 Å². The highest BCUT2D eigenvalue weighted by Crippen LogP contribution is 2.42. The molecule has 1 aromatic carbocycles.